The highest BCUT2D eigenvalue weighted by molar-refractivity contribution is 8.76. The van der Waals surface area contributed by atoms with Crippen molar-refractivity contribution in [1.82, 2.24) is 15.6 Å². The van der Waals surface area contributed by atoms with E-state index >= 15 is 0 Å². The molecule has 2 rings (SSSR count). The van der Waals surface area contributed by atoms with E-state index in [-0.39, 0.29) is 12.6 Å². The van der Waals surface area contributed by atoms with Gasteiger partial charge in [0.1, 0.15) is 11.6 Å². The van der Waals surface area contributed by atoms with Crippen LogP contribution in [0.5, 0.6) is 0 Å². The van der Waals surface area contributed by atoms with E-state index < -0.39 is 6.09 Å². The van der Waals surface area contributed by atoms with Gasteiger partial charge in [0.15, 0.2) is 0 Å². The van der Waals surface area contributed by atoms with E-state index in [0.717, 1.165) is 48.0 Å². The molecule has 194 valence electrons. The van der Waals surface area contributed by atoms with Gasteiger partial charge in [0.2, 0.25) is 0 Å². The maximum absolute atomic E-state index is 11.9. The standard InChI is InChI=1S/C25H40N6O2S2/c1-19(2)23(27)17-31-22(6-5-12-26)16-30-21-10-8-20(9-11-21)18-33-25(32)29-14-15-34-35-24-7-3-4-13-28-24/h3-4,7-11,13,19,22-23,30-31H,5-6,12,14-18,26-27H2,1-2H3,(H,29,32)/t22-,23+/m0/s1. The number of carbonyl (C=O) groups is 1. The molecule has 0 aliphatic heterocycles. The highest BCUT2D eigenvalue weighted by Gasteiger charge is 2.12. The average Bonchev–Trinajstić information content (AvgIpc) is 2.87. The molecule has 2 atom stereocenters. The number of pyridine rings is 1. The molecule has 2 aromatic rings. The lowest BCUT2D eigenvalue weighted by atomic mass is 10.0. The summed E-state index contributed by atoms with van der Waals surface area (Å²) in [4.78, 5) is 16.2. The molecule has 0 spiro atoms. The summed E-state index contributed by atoms with van der Waals surface area (Å²) in [5.74, 6) is 1.21. The first-order valence-electron chi connectivity index (χ1n) is 12.1. The van der Waals surface area contributed by atoms with Crippen LogP contribution in [0.25, 0.3) is 0 Å². The number of hydrogen-bond donors (Lipinski definition) is 5. The molecular formula is C25H40N6O2S2. The van der Waals surface area contributed by atoms with Gasteiger partial charge >= 0.3 is 6.09 Å². The molecule has 0 aliphatic carbocycles. The van der Waals surface area contributed by atoms with Crippen LogP contribution < -0.4 is 27.4 Å². The normalized spacial score (nSPS) is 12.8. The molecule has 10 heteroatoms. The molecule has 7 N–H and O–H groups in total. The van der Waals surface area contributed by atoms with Crippen molar-refractivity contribution in [2.75, 3.05) is 37.2 Å². The second kappa shape index (κ2) is 17.4. The molecule has 1 heterocycles. The molecule has 0 unspecified atom stereocenters. The smallest absolute Gasteiger partial charge is 0.407 e. The molecule has 1 amide bonds. The van der Waals surface area contributed by atoms with Gasteiger partial charge < -0.3 is 32.2 Å². The lowest BCUT2D eigenvalue weighted by molar-refractivity contribution is 0.140. The SMILES string of the molecule is CC(C)[C@H](N)CN[C@@H](CCCN)CNc1ccc(COC(=O)NCCSSc2ccccn2)cc1. The van der Waals surface area contributed by atoms with Crippen LogP contribution in [0, 0.1) is 5.92 Å². The van der Waals surface area contributed by atoms with Crippen molar-refractivity contribution in [2.45, 2.75) is 50.4 Å². The molecule has 0 saturated heterocycles. The first kappa shape index (κ1) is 29.3. The second-order valence-corrected chi connectivity index (χ2v) is 11.0. The van der Waals surface area contributed by atoms with Crippen molar-refractivity contribution < 1.29 is 9.53 Å². The number of aromatic nitrogens is 1. The number of anilines is 1. The third-order valence-electron chi connectivity index (χ3n) is 5.37. The molecule has 1 aromatic carbocycles. The summed E-state index contributed by atoms with van der Waals surface area (Å²) in [6.07, 6.45) is 3.32. The number of nitrogens with two attached hydrogens (primary N) is 2. The number of rotatable bonds is 17. The van der Waals surface area contributed by atoms with Crippen LogP contribution in [-0.2, 0) is 11.3 Å². The zero-order valence-electron chi connectivity index (χ0n) is 20.7. The van der Waals surface area contributed by atoms with Crippen LogP contribution in [0.1, 0.15) is 32.3 Å². The Morgan fingerprint density at radius 3 is 2.63 bits per heavy atom. The minimum Gasteiger partial charge on any atom is -0.445 e. The van der Waals surface area contributed by atoms with E-state index in [1.165, 1.54) is 0 Å². The highest BCUT2D eigenvalue weighted by Crippen LogP contribution is 2.28. The monoisotopic (exact) mass is 520 g/mol. The maximum atomic E-state index is 11.9. The van der Waals surface area contributed by atoms with Crippen molar-refractivity contribution >= 4 is 33.4 Å². The van der Waals surface area contributed by atoms with Crippen molar-refractivity contribution in [1.29, 1.82) is 0 Å². The van der Waals surface area contributed by atoms with Crippen LogP contribution >= 0.6 is 21.6 Å². The van der Waals surface area contributed by atoms with Gasteiger partial charge in [-0.25, -0.2) is 9.78 Å². The van der Waals surface area contributed by atoms with Crippen LogP contribution in [0.3, 0.4) is 0 Å². The molecule has 8 nitrogen and oxygen atoms in total. The molecule has 1 aromatic heterocycles. The first-order valence-corrected chi connectivity index (χ1v) is 14.4. The lowest BCUT2D eigenvalue weighted by Crippen LogP contribution is -2.44. The van der Waals surface area contributed by atoms with E-state index in [2.05, 4.69) is 34.8 Å². The average molecular weight is 521 g/mol. The highest BCUT2D eigenvalue weighted by atomic mass is 33.1. The van der Waals surface area contributed by atoms with Crippen molar-refractivity contribution in [2.24, 2.45) is 17.4 Å². The summed E-state index contributed by atoms with van der Waals surface area (Å²) in [6.45, 7) is 7.30. The zero-order valence-corrected chi connectivity index (χ0v) is 22.4. The Balaban J connectivity index is 1.64. The van der Waals surface area contributed by atoms with Gasteiger partial charge in [-0.3, -0.25) is 0 Å². The van der Waals surface area contributed by atoms with Gasteiger partial charge in [-0.2, -0.15) is 0 Å². The number of amides is 1. The minimum atomic E-state index is -0.413. The molecule has 0 radical (unpaired) electrons. The van der Waals surface area contributed by atoms with Gasteiger partial charge in [-0.05, 0) is 65.9 Å². The summed E-state index contributed by atoms with van der Waals surface area (Å²) < 4.78 is 5.32. The number of nitrogens with zero attached hydrogens (tertiary/aromatic N) is 1. The third-order valence-corrected chi connectivity index (χ3v) is 7.64. The molecule has 0 aliphatic rings. The Labute approximate surface area is 217 Å². The number of hydrogen-bond acceptors (Lipinski definition) is 9. The Hall–Kier alpha value is -1.98. The minimum absolute atomic E-state index is 0.135. The maximum Gasteiger partial charge on any atom is 0.407 e. The van der Waals surface area contributed by atoms with Crippen molar-refractivity contribution in [3.05, 3.63) is 54.2 Å². The number of nitrogens with one attached hydrogen (secondary N) is 3. The first-order chi connectivity index (χ1) is 17.0. The van der Waals surface area contributed by atoms with E-state index in [4.69, 9.17) is 16.2 Å². The van der Waals surface area contributed by atoms with E-state index in [1.807, 2.05) is 42.5 Å². The Bertz CT molecular complexity index is 826. The van der Waals surface area contributed by atoms with Gasteiger partial charge in [0, 0.05) is 49.4 Å². The predicted molar refractivity (Wildman–Crippen MR) is 149 cm³/mol. The number of carbonyl (C=O) groups excluding carboxylic acids is 1. The largest absolute Gasteiger partial charge is 0.445 e. The molecular weight excluding hydrogens is 480 g/mol. The fourth-order valence-electron chi connectivity index (χ4n) is 3.03. The zero-order chi connectivity index (χ0) is 25.3. The van der Waals surface area contributed by atoms with Gasteiger partial charge in [-0.1, -0.05) is 42.8 Å². The van der Waals surface area contributed by atoms with Crippen molar-refractivity contribution in [3.8, 4) is 0 Å². The number of benzene rings is 1. The molecule has 0 fully saturated rings. The van der Waals surface area contributed by atoms with Gasteiger partial charge in [-0.15, -0.1) is 0 Å². The quantitative estimate of drug-likeness (QED) is 0.156. The Morgan fingerprint density at radius 2 is 1.94 bits per heavy atom. The van der Waals surface area contributed by atoms with E-state index in [1.54, 1.807) is 27.8 Å². The van der Waals surface area contributed by atoms with Crippen LogP contribution in [0.2, 0.25) is 0 Å². The third kappa shape index (κ3) is 13.1. The van der Waals surface area contributed by atoms with Gasteiger partial charge in [0.05, 0.1) is 0 Å². The summed E-state index contributed by atoms with van der Waals surface area (Å²) in [6, 6.07) is 14.2. The predicted octanol–water partition coefficient (Wildman–Crippen LogP) is 3.84. The topological polar surface area (TPSA) is 127 Å². The van der Waals surface area contributed by atoms with E-state index in [0.29, 0.717) is 25.0 Å². The summed E-state index contributed by atoms with van der Waals surface area (Å²) in [7, 11) is 3.23. The van der Waals surface area contributed by atoms with Crippen LogP contribution in [0.4, 0.5) is 10.5 Å². The second-order valence-electron chi connectivity index (χ2n) is 8.60. The summed E-state index contributed by atoms with van der Waals surface area (Å²) in [5.41, 5.74) is 13.8. The van der Waals surface area contributed by atoms with Crippen LogP contribution in [-0.4, -0.2) is 55.1 Å². The van der Waals surface area contributed by atoms with Crippen molar-refractivity contribution in [3.63, 3.8) is 0 Å². The Kier molecular flexibility index (Phi) is 14.6. The summed E-state index contributed by atoms with van der Waals surface area (Å²) >= 11 is 0. The van der Waals surface area contributed by atoms with Gasteiger partial charge in [0.25, 0.3) is 0 Å². The van der Waals surface area contributed by atoms with Crippen LogP contribution in [0.15, 0.2) is 53.7 Å². The molecule has 35 heavy (non-hydrogen) atoms. The molecule has 0 bridgehead atoms. The van der Waals surface area contributed by atoms with E-state index in [9.17, 15) is 4.79 Å². The molecule has 0 saturated carbocycles. The number of ether oxygens (including phenoxy) is 1. The fourth-order valence-corrected chi connectivity index (χ4v) is 4.82. The summed E-state index contributed by atoms with van der Waals surface area (Å²) in [5, 5.41) is 10.8. The fraction of sp³-hybridized carbons (Fsp3) is 0.520. The number of alkyl carbamates (subject to hydrolysis) is 1. The lowest BCUT2D eigenvalue weighted by Gasteiger charge is -2.23. The Morgan fingerprint density at radius 1 is 1.14 bits per heavy atom.